The van der Waals surface area contributed by atoms with Gasteiger partial charge in [0.25, 0.3) is 5.91 Å². The van der Waals surface area contributed by atoms with E-state index in [1.54, 1.807) is 14.0 Å². The number of anilines is 1. The van der Waals surface area contributed by atoms with Crippen molar-refractivity contribution < 1.29 is 14.3 Å². The van der Waals surface area contributed by atoms with Crippen molar-refractivity contribution in [2.45, 2.75) is 13.0 Å². The van der Waals surface area contributed by atoms with Gasteiger partial charge in [-0.05, 0) is 6.92 Å². The molecule has 1 aromatic heterocycles. The topological polar surface area (TPSA) is 116 Å². The van der Waals surface area contributed by atoms with E-state index in [-0.39, 0.29) is 18.2 Å². The van der Waals surface area contributed by atoms with Crippen LogP contribution in [0, 0.1) is 6.92 Å². The molecule has 4 N–H and O–H groups in total. The molecule has 2 rings (SSSR count). The van der Waals surface area contributed by atoms with E-state index in [0.29, 0.717) is 24.5 Å². The minimum absolute atomic E-state index is 0.109. The Morgan fingerprint density at radius 3 is 2.68 bits per heavy atom. The van der Waals surface area contributed by atoms with Gasteiger partial charge in [-0.15, -0.1) is 0 Å². The molecule has 1 aliphatic rings. The summed E-state index contributed by atoms with van der Waals surface area (Å²) in [6, 6.07) is -0.768. The number of morpholine rings is 1. The highest BCUT2D eigenvalue weighted by molar-refractivity contribution is 6.00. The average Bonchev–Trinajstić information content (AvgIpc) is 2.62. The number of primary amides is 1. The van der Waals surface area contributed by atoms with E-state index in [2.05, 4.69) is 5.10 Å². The first-order valence-electron chi connectivity index (χ1n) is 5.90. The Labute approximate surface area is 110 Å². The number of carbonyl (C=O) groups excluding carboxylic acids is 2. The Morgan fingerprint density at radius 2 is 2.16 bits per heavy atom. The van der Waals surface area contributed by atoms with Crippen molar-refractivity contribution in [3.8, 4) is 0 Å². The molecule has 1 atom stereocenters. The molecular formula is C11H17N5O3. The van der Waals surface area contributed by atoms with Crippen molar-refractivity contribution in [3.63, 3.8) is 0 Å². The first kappa shape index (κ1) is 13.3. The zero-order valence-corrected chi connectivity index (χ0v) is 10.9. The Balaban J connectivity index is 2.34. The molecule has 0 aromatic carbocycles. The largest absolute Gasteiger partial charge is 0.395 e. The summed E-state index contributed by atoms with van der Waals surface area (Å²) in [5.41, 5.74) is 12.3. The quantitative estimate of drug-likeness (QED) is 0.686. The molecule has 2 heterocycles. The minimum atomic E-state index is -0.768. The second kappa shape index (κ2) is 4.88. The van der Waals surface area contributed by atoms with Gasteiger partial charge < -0.3 is 21.1 Å². The normalized spacial score (nSPS) is 19.5. The van der Waals surface area contributed by atoms with E-state index in [1.807, 2.05) is 0 Å². The van der Waals surface area contributed by atoms with Crippen molar-refractivity contribution >= 4 is 17.5 Å². The SMILES string of the molecule is Cc1nn(C)c(C(=O)N2CCOCC2C(N)=O)c1N. The summed E-state index contributed by atoms with van der Waals surface area (Å²) < 4.78 is 6.59. The predicted molar refractivity (Wildman–Crippen MR) is 67.2 cm³/mol. The molecule has 1 saturated heterocycles. The Hall–Kier alpha value is -2.09. The molecule has 1 aliphatic heterocycles. The van der Waals surface area contributed by atoms with Gasteiger partial charge in [0.2, 0.25) is 5.91 Å². The molecule has 0 bridgehead atoms. The number of rotatable bonds is 2. The molecule has 0 saturated carbocycles. The standard InChI is InChI=1S/C11H17N5O3/c1-6-8(12)9(15(2)14-6)11(18)16-3-4-19-5-7(16)10(13)17/h7H,3-5,12H2,1-2H3,(H2,13,17). The molecule has 8 nitrogen and oxygen atoms in total. The molecular weight excluding hydrogens is 250 g/mol. The second-order valence-corrected chi connectivity index (χ2v) is 4.46. The summed E-state index contributed by atoms with van der Waals surface area (Å²) in [5, 5.41) is 4.09. The predicted octanol–water partition coefficient (Wildman–Crippen LogP) is -1.36. The first-order chi connectivity index (χ1) is 8.93. The van der Waals surface area contributed by atoms with Gasteiger partial charge in [-0.3, -0.25) is 14.3 Å². The number of amides is 2. The number of nitrogen functional groups attached to an aromatic ring is 1. The minimum Gasteiger partial charge on any atom is -0.395 e. The van der Waals surface area contributed by atoms with Gasteiger partial charge in [0.05, 0.1) is 24.6 Å². The first-order valence-corrected chi connectivity index (χ1v) is 5.90. The molecule has 2 amide bonds. The Kier molecular flexibility index (Phi) is 3.43. The molecule has 104 valence electrons. The Morgan fingerprint density at radius 1 is 1.47 bits per heavy atom. The van der Waals surface area contributed by atoms with E-state index in [1.165, 1.54) is 9.58 Å². The fourth-order valence-electron chi connectivity index (χ4n) is 2.15. The van der Waals surface area contributed by atoms with Crippen LogP contribution in [-0.4, -0.2) is 52.3 Å². The molecule has 1 unspecified atom stereocenters. The van der Waals surface area contributed by atoms with Gasteiger partial charge in [0.15, 0.2) is 0 Å². The van der Waals surface area contributed by atoms with Crippen molar-refractivity contribution in [1.29, 1.82) is 0 Å². The van der Waals surface area contributed by atoms with Crippen LogP contribution in [0.4, 0.5) is 5.69 Å². The number of aryl methyl sites for hydroxylation is 2. The van der Waals surface area contributed by atoms with Crippen molar-refractivity contribution in [1.82, 2.24) is 14.7 Å². The molecule has 0 radical (unpaired) electrons. The summed E-state index contributed by atoms with van der Waals surface area (Å²) in [5.74, 6) is -0.946. The summed E-state index contributed by atoms with van der Waals surface area (Å²) in [6.45, 7) is 2.50. The van der Waals surface area contributed by atoms with Crippen LogP contribution in [0.25, 0.3) is 0 Å². The van der Waals surface area contributed by atoms with Crippen molar-refractivity contribution in [3.05, 3.63) is 11.4 Å². The number of aromatic nitrogens is 2. The van der Waals surface area contributed by atoms with E-state index in [4.69, 9.17) is 16.2 Å². The van der Waals surface area contributed by atoms with E-state index in [0.717, 1.165) is 0 Å². The number of hydrogen-bond donors (Lipinski definition) is 2. The fraction of sp³-hybridized carbons (Fsp3) is 0.545. The van der Waals surface area contributed by atoms with Crippen LogP contribution < -0.4 is 11.5 Å². The van der Waals surface area contributed by atoms with Crippen LogP contribution >= 0.6 is 0 Å². The number of nitrogens with two attached hydrogens (primary N) is 2. The summed E-state index contributed by atoms with van der Waals surface area (Å²) in [4.78, 5) is 25.2. The van der Waals surface area contributed by atoms with E-state index >= 15 is 0 Å². The van der Waals surface area contributed by atoms with Crippen LogP contribution in [0.3, 0.4) is 0 Å². The van der Waals surface area contributed by atoms with Crippen LogP contribution in [0.1, 0.15) is 16.2 Å². The Bertz CT molecular complexity index is 525. The highest BCUT2D eigenvalue weighted by Gasteiger charge is 2.34. The third kappa shape index (κ3) is 2.26. The van der Waals surface area contributed by atoms with Crippen LogP contribution in [-0.2, 0) is 16.6 Å². The van der Waals surface area contributed by atoms with Crippen molar-refractivity contribution in [2.75, 3.05) is 25.5 Å². The van der Waals surface area contributed by atoms with E-state index in [9.17, 15) is 9.59 Å². The lowest BCUT2D eigenvalue weighted by molar-refractivity contribution is -0.127. The lowest BCUT2D eigenvalue weighted by Crippen LogP contribution is -2.55. The van der Waals surface area contributed by atoms with Crippen LogP contribution in [0.15, 0.2) is 0 Å². The summed E-state index contributed by atoms with van der Waals surface area (Å²) in [7, 11) is 1.64. The monoisotopic (exact) mass is 267 g/mol. The van der Waals surface area contributed by atoms with Crippen LogP contribution in [0.2, 0.25) is 0 Å². The molecule has 8 heteroatoms. The summed E-state index contributed by atoms with van der Waals surface area (Å²) >= 11 is 0. The molecule has 19 heavy (non-hydrogen) atoms. The maximum atomic E-state index is 12.5. The highest BCUT2D eigenvalue weighted by atomic mass is 16.5. The number of hydrogen-bond acceptors (Lipinski definition) is 5. The van der Waals surface area contributed by atoms with Gasteiger partial charge in [-0.2, -0.15) is 5.10 Å². The molecule has 1 aromatic rings. The maximum absolute atomic E-state index is 12.5. The van der Waals surface area contributed by atoms with Gasteiger partial charge in [0.1, 0.15) is 11.7 Å². The third-order valence-electron chi connectivity index (χ3n) is 3.19. The maximum Gasteiger partial charge on any atom is 0.275 e. The highest BCUT2D eigenvalue weighted by Crippen LogP contribution is 2.19. The number of nitrogens with zero attached hydrogens (tertiary/aromatic N) is 3. The smallest absolute Gasteiger partial charge is 0.275 e. The average molecular weight is 267 g/mol. The lowest BCUT2D eigenvalue weighted by atomic mass is 10.2. The third-order valence-corrected chi connectivity index (χ3v) is 3.19. The van der Waals surface area contributed by atoms with Gasteiger partial charge >= 0.3 is 0 Å². The lowest BCUT2D eigenvalue weighted by Gasteiger charge is -2.33. The van der Waals surface area contributed by atoms with Crippen molar-refractivity contribution in [2.24, 2.45) is 12.8 Å². The zero-order chi connectivity index (χ0) is 14.2. The zero-order valence-electron chi connectivity index (χ0n) is 10.9. The fourth-order valence-corrected chi connectivity index (χ4v) is 2.15. The van der Waals surface area contributed by atoms with Gasteiger partial charge in [0, 0.05) is 13.6 Å². The van der Waals surface area contributed by atoms with Crippen LogP contribution in [0.5, 0.6) is 0 Å². The summed E-state index contributed by atoms with van der Waals surface area (Å²) in [6.07, 6.45) is 0. The molecule has 1 fully saturated rings. The second-order valence-electron chi connectivity index (χ2n) is 4.46. The van der Waals surface area contributed by atoms with E-state index < -0.39 is 11.9 Å². The van der Waals surface area contributed by atoms with Gasteiger partial charge in [-0.1, -0.05) is 0 Å². The number of ether oxygens (including phenoxy) is 1. The molecule has 0 spiro atoms. The molecule has 0 aliphatic carbocycles. The van der Waals surface area contributed by atoms with Gasteiger partial charge in [-0.25, -0.2) is 0 Å². The number of carbonyl (C=O) groups is 2.